The van der Waals surface area contributed by atoms with Crippen molar-refractivity contribution in [3.8, 4) is 5.75 Å². The minimum Gasteiger partial charge on any atom is -0.488 e. The third-order valence-electron chi connectivity index (χ3n) is 4.33. The van der Waals surface area contributed by atoms with Crippen LogP contribution >= 0.6 is 11.8 Å². The van der Waals surface area contributed by atoms with Crippen LogP contribution in [0, 0.1) is 6.92 Å². The predicted octanol–water partition coefficient (Wildman–Crippen LogP) is 5.41. The summed E-state index contributed by atoms with van der Waals surface area (Å²) in [6.07, 6.45) is 3.51. The molecule has 3 rings (SSSR count). The Morgan fingerprint density at radius 2 is 1.81 bits per heavy atom. The average molecular weight is 381 g/mol. The molecular weight excluding hydrogens is 358 g/mol. The molecule has 2 amide bonds. The summed E-state index contributed by atoms with van der Waals surface area (Å²) in [4.78, 5) is 26.4. The Morgan fingerprint density at radius 3 is 2.56 bits per heavy atom. The lowest BCUT2D eigenvalue weighted by atomic mass is 10.1. The maximum Gasteiger partial charge on any atom is 0.293 e. The number of para-hydroxylation sites is 1. The van der Waals surface area contributed by atoms with E-state index in [9.17, 15) is 9.59 Å². The molecule has 0 N–H and O–H groups in total. The zero-order valence-corrected chi connectivity index (χ0v) is 16.4. The van der Waals surface area contributed by atoms with Crippen LogP contribution in [0.4, 0.5) is 4.79 Å². The molecule has 5 heteroatoms. The molecule has 0 radical (unpaired) electrons. The molecule has 2 aromatic rings. The van der Waals surface area contributed by atoms with E-state index in [2.05, 4.69) is 12.1 Å². The summed E-state index contributed by atoms with van der Waals surface area (Å²) in [5.41, 5.74) is 3.08. The number of hydrogen-bond donors (Lipinski definition) is 0. The fraction of sp³-hybridized carbons (Fsp3) is 0.273. The SMILES string of the molecule is CCCCN1C(=O)SC(=Cc2ccccc2OCc2ccc(C)cc2)C1=O. The van der Waals surface area contributed by atoms with Crippen molar-refractivity contribution < 1.29 is 14.3 Å². The van der Waals surface area contributed by atoms with Crippen molar-refractivity contribution in [2.75, 3.05) is 6.54 Å². The van der Waals surface area contributed by atoms with Gasteiger partial charge in [-0.2, -0.15) is 0 Å². The number of carbonyl (C=O) groups is 2. The van der Waals surface area contributed by atoms with Gasteiger partial charge in [0.25, 0.3) is 11.1 Å². The van der Waals surface area contributed by atoms with Crippen LogP contribution in [0.25, 0.3) is 6.08 Å². The molecular formula is C22H23NO3S. The van der Waals surface area contributed by atoms with Crippen LogP contribution in [0.5, 0.6) is 5.75 Å². The minimum absolute atomic E-state index is 0.197. The minimum atomic E-state index is -0.216. The first-order valence-corrected chi connectivity index (χ1v) is 9.93. The van der Waals surface area contributed by atoms with Crippen molar-refractivity contribution in [3.63, 3.8) is 0 Å². The van der Waals surface area contributed by atoms with Crippen LogP contribution < -0.4 is 4.74 Å². The Morgan fingerprint density at radius 1 is 1.07 bits per heavy atom. The number of carbonyl (C=O) groups excluding carboxylic acids is 2. The van der Waals surface area contributed by atoms with E-state index in [1.807, 2.05) is 50.2 Å². The number of unbranched alkanes of at least 4 members (excludes halogenated alkanes) is 1. The van der Waals surface area contributed by atoms with Crippen molar-refractivity contribution in [1.82, 2.24) is 4.90 Å². The van der Waals surface area contributed by atoms with E-state index in [0.29, 0.717) is 23.8 Å². The van der Waals surface area contributed by atoms with E-state index < -0.39 is 0 Å². The highest BCUT2D eigenvalue weighted by atomic mass is 32.2. The molecule has 2 aromatic carbocycles. The molecule has 0 bridgehead atoms. The van der Waals surface area contributed by atoms with Crippen LogP contribution in [0.1, 0.15) is 36.5 Å². The lowest BCUT2D eigenvalue weighted by Gasteiger charge is -2.11. The van der Waals surface area contributed by atoms with Gasteiger partial charge in [0.15, 0.2) is 0 Å². The molecule has 1 fully saturated rings. The van der Waals surface area contributed by atoms with Gasteiger partial charge in [0, 0.05) is 12.1 Å². The highest BCUT2D eigenvalue weighted by Gasteiger charge is 2.34. The quantitative estimate of drug-likeness (QED) is 0.602. The second kappa shape index (κ2) is 8.91. The van der Waals surface area contributed by atoms with Gasteiger partial charge in [-0.3, -0.25) is 14.5 Å². The number of imide groups is 1. The number of thioether (sulfide) groups is 1. The number of amides is 2. The summed E-state index contributed by atoms with van der Waals surface area (Å²) >= 11 is 0.995. The molecule has 0 saturated carbocycles. The number of nitrogens with zero attached hydrogens (tertiary/aromatic N) is 1. The molecule has 1 heterocycles. The maximum atomic E-state index is 12.5. The van der Waals surface area contributed by atoms with Crippen LogP contribution in [-0.2, 0) is 11.4 Å². The van der Waals surface area contributed by atoms with E-state index in [4.69, 9.17) is 4.74 Å². The molecule has 1 saturated heterocycles. The highest BCUT2D eigenvalue weighted by molar-refractivity contribution is 8.18. The number of rotatable bonds is 7. The average Bonchev–Trinajstić information content (AvgIpc) is 2.93. The Bertz CT molecular complexity index is 858. The zero-order chi connectivity index (χ0) is 19.2. The fourth-order valence-electron chi connectivity index (χ4n) is 2.73. The first-order chi connectivity index (χ1) is 13.1. The van der Waals surface area contributed by atoms with Crippen molar-refractivity contribution in [1.29, 1.82) is 0 Å². The second-order valence-electron chi connectivity index (χ2n) is 6.50. The summed E-state index contributed by atoms with van der Waals surface area (Å²) in [7, 11) is 0. The summed E-state index contributed by atoms with van der Waals surface area (Å²) in [6.45, 7) is 5.01. The molecule has 4 nitrogen and oxygen atoms in total. The van der Waals surface area contributed by atoms with Crippen LogP contribution in [-0.4, -0.2) is 22.6 Å². The number of ether oxygens (including phenoxy) is 1. The molecule has 0 aromatic heterocycles. The van der Waals surface area contributed by atoms with Crippen molar-refractivity contribution in [3.05, 3.63) is 70.1 Å². The van der Waals surface area contributed by atoms with Crippen LogP contribution in [0.3, 0.4) is 0 Å². The van der Waals surface area contributed by atoms with Crippen LogP contribution in [0.2, 0.25) is 0 Å². The van der Waals surface area contributed by atoms with E-state index >= 15 is 0 Å². The highest BCUT2D eigenvalue weighted by Crippen LogP contribution is 2.34. The third-order valence-corrected chi connectivity index (χ3v) is 5.24. The number of aryl methyl sites for hydroxylation is 1. The molecule has 1 aliphatic rings. The van der Waals surface area contributed by atoms with Crippen molar-refractivity contribution >= 4 is 29.0 Å². The summed E-state index contributed by atoms with van der Waals surface area (Å²) in [5, 5.41) is -0.197. The molecule has 0 unspecified atom stereocenters. The lowest BCUT2D eigenvalue weighted by Crippen LogP contribution is -2.29. The molecule has 140 valence electrons. The molecule has 0 spiro atoms. The molecule has 1 aliphatic heterocycles. The zero-order valence-electron chi connectivity index (χ0n) is 15.6. The lowest BCUT2D eigenvalue weighted by molar-refractivity contribution is -0.122. The monoisotopic (exact) mass is 381 g/mol. The normalized spacial score (nSPS) is 15.6. The number of benzene rings is 2. The first-order valence-electron chi connectivity index (χ1n) is 9.11. The third kappa shape index (κ3) is 4.80. The summed E-state index contributed by atoms with van der Waals surface area (Å²) in [5.74, 6) is 0.477. The smallest absolute Gasteiger partial charge is 0.293 e. The summed E-state index contributed by atoms with van der Waals surface area (Å²) < 4.78 is 5.96. The van der Waals surface area contributed by atoms with Gasteiger partial charge in [0.05, 0.1) is 4.91 Å². The predicted molar refractivity (Wildman–Crippen MR) is 110 cm³/mol. The Kier molecular flexibility index (Phi) is 6.35. The second-order valence-corrected chi connectivity index (χ2v) is 7.49. The van der Waals surface area contributed by atoms with E-state index in [-0.39, 0.29) is 11.1 Å². The van der Waals surface area contributed by atoms with Gasteiger partial charge in [0.1, 0.15) is 12.4 Å². The van der Waals surface area contributed by atoms with Gasteiger partial charge in [-0.15, -0.1) is 0 Å². The topological polar surface area (TPSA) is 46.6 Å². The largest absolute Gasteiger partial charge is 0.488 e. The van der Waals surface area contributed by atoms with E-state index in [1.54, 1.807) is 6.08 Å². The molecule has 27 heavy (non-hydrogen) atoms. The van der Waals surface area contributed by atoms with Gasteiger partial charge in [0.2, 0.25) is 0 Å². The maximum absolute atomic E-state index is 12.5. The Labute approximate surface area is 164 Å². The van der Waals surface area contributed by atoms with Gasteiger partial charge in [-0.25, -0.2) is 0 Å². The van der Waals surface area contributed by atoms with Gasteiger partial charge in [-0.05, 0) is 42.8 Å². The van der Waals surface area contributed by atoms with E-state index in [0.717, 1.165) is 35.7 Å². The molecule has 0 atom stereocenters. The summed E-state index contributed by atoms with van der Waals surface area (Å²) in [6, 6.07) is 15.7. The molecule has 0 aliphatic carbocycles. The van der Waals surface area contributed by atoms with Gasteiger partial charge in [-0.1, -0.05) is 61.4 Å². The van der Waals surface area contributed by atoms with Crippen molar-refractivity contribution in [2.45, 2.75) is 33.3 Å². The van der Waals surface area contributed by atoms with E-state index in [1.165, 1.54) is 10.5 Å². The fourth-order valence-corrected chi connectivity index (χ4v) is 3.58. The standard InChI is InChI=1S/C22H23NO3S/c1-3-4-13-23-21(24)20(27-22(23)25)14-18-7-5-6-8-19(18)26-15-17-11-9-16(2)10-12-17/h5-12,14H,3-4,13,15H2,1-2H3. The van der Waals surface area contributed by atoms with Gasteiger partial charge < -0.3 is 4.74 Å². The number of hydrogen-bond acceptors (Lipinski definition) is 4. The Balaban J connectivity index is 1.75. The van der Waals surface area contributed by atoms with Gasteiger partial charge >= 0.3 is 0 Å². The Hall–Kier alpha value is -2.53. The van der Waals surface area contributed by atoms with Crippen molar-refractivity contribution in [2.24, 2.45) is 0 Å². The van der Waals surface area contributed by atoms with Crippen LogP contribution in [0.15, 0.2) is 53.4 Å². The first kappa shape index (κ1) is 19.2.